The number of halogens is 2. The zero-order valence-corrected chi connectivity index (χ0v) is 4.64. The van der Waals surface area contributed by atoms with Gasteiger partial charge in [-0.3, -0.25) is 0 Å². The topological polar surface area (TPSA) is 34.1 Å². The molecule has 0 bridgehead atoms. The predicted octanol–water partition coefficient (Wildman–Crippen LogP) is 0.800. The third-order valence-electron chi connectivity index (χ3n) is 0.764. The van der Waals surface area contributed by atoms with Crippen LogP contribution in [0.5, 0.6) is 0 Å². The molecule has 0 unspecified atom stereocenters. The van der Waals surface area contributed by atoms with Crippen molar-refractivity contribution in [2.75, 3.05) is 0 Å². The summed E-state index contributed by atoms with van der Waals surface area (Å²) in [6, 6.07) is 0. The van der Waals surface area contributed by atoms with Gasteiger partial charge in [-0.05, 0) is 0 Å². The van der Waals surface area contributed by atoms with E-state index in [1.54, 1.807) is 0 Å². The van der Waals surface area contributed by atoms with Crippen LogP contribution in [-0.2, 0) is 9.59 Å². The highest BCUT2D eigenvalue weighted by Gasteiger charge is 2.27. The molecule has 2 nitrogen and oxygen atoms in total. The summed E-state index contributed by atoms with van der Waals surface area (Å²) < 4.78 is 23.9. The van der Waals surface area contributed by atoms with E-state index in [1.807, 2.05) is 0 Å². The summed E-state index contributed by atoms with van der Waals surface area (Å²) in [5.74, 6) is -3.14. The van der Waals surface area contributed by atoms with Gasteiger partial charge in [0, 0.05) is 0 Å². The number of hydrogen-bond donors (Lipinski definition) is 0. The number of alkyl halides is 2. The smallest absolute Gasteiger partial charge is 0.261 e. The van der Waals surface area contributed by atoms with Crippen molar-refractivity contribution in [1.82, 2.24) is 0 Å². The fraction of sp³-hybridized carbons (Fsp3) is 0.600. The molecule has 9 heavy (non-hydrogen) atoms. The van der Waals surface area contributed by atoms with Crippen LogP contribution in [0.3, 0.4) is 0 Å². The van der Waals surface area contributed by atoms with Crippen molar-refractivity contribution < 1.29 is 18.4 Å². The summed E-state index contributed by atoms with van der Waals surface area (Å²) >= 11 is 0. The maximum absolute atomic E-state index is 12.0. The molecule has 0 saturated carbocycles. The van der Waals surface area contributed by atoms with Gasteiger partial charge in [-0.15, -0.1) is 0 Å². The first kappa shape index (κ1) is 8.20. The second kappa shape index (κ2) is 3.27. The molecule has 0 aliphatic carbocycles. The Balaban J connectivity index is 3.68. The summed E-state index contributed by atoms with van der Waals surface area (Å²) in [5.41, 5.74) is 0. The molecule has 0 aromatic heterocycles. The van der Waals surface area contributed by atoms with Gasteiger partial charge in [-0.25, -0.2) is 8.78 Å². The van der Waals surface area contributed by atoms with Crippen molar-refractivity contribution in [2.45, 2.75) is 18.8 Å². The molecule has 0 N–H and O–H groups in total. The minimum atomic E-state index is -3.14. The van der Waals surface area contributed by atoms with Gasteiger partial charge in [0.1, 0.15) is 12.6 Å². The van der Waals surface area contributed by atoms with E-state index in [0.29, 0.717) is 0 Å². The molecule has 0 heterocycles. The quantitative estimate of drug-likeness (QED) is 0.535. The Labute approximate surface area is 50.9 Å². The number of carbonyl (C=O) groups excluding carboxylic acids is 2. The normalized spacial score (nSPS) is 10.9. The Morgan fingerprint density at radius 2 is 1.44 bits per heavy atom. The van der Waals surface area contributed by atoms with E-state index in [9.17, 15) is 18.4 Å². The molecular formula is C5H6F2O2. The lowest BCUT2D eigenvalue weighted by Crippen LogP contribution is -2.16. The standard InChI is InChI=1S/C5H6F2O2/c6-5(7,1-3-8)2-4-9/h3-4H,1-2H2. The molecule has 0 aliphatic heterocycles. The van der Waals surface area contributed by atoms with E-state index in [-0.39, 0.29) is 12.6 Å². The highest BCUT2D eigenvalue weighted by atomic mass is 19.3. The fourth-order valence-electron chi connectivity index (χ4n) is 0.327. The van der Waals surface area contributed by atoms with Crippen LogP contribution in [-0.4, -0.2) is 18.5 Å². The predicted molar refractivity (Wildman–Crippen MR) is 26.3 cm³/mol. The number of rotatable bonds is 4. The van der Waals surface area contributed by atoms with Crippen LogP contribution < -0.4 is 0 Å². The van der Waals surface area contributed by atoms with Crippen LogP contribution in [0.15, 0.2) is 0 Å². The summed E-state index contributed by atoms with van der Waals surface area (Å²) in [6.45, 7) is 0. The Morgan fingerprint density at radius 3 is 1.67 bits per heavy atom. The third-order valence-corrected chi connectivity index (χ3v) is 0.764. The van der Waals surface area contributed by atoms with Gasteiger partial charge in [-0.2, -0.15) is 0 Å². The molecule has 0 saturated heterocycles. The molecule has 0 radical (unpaired) electrons. The van der Waals surface area contributed by atoms with Gasteiger partial charge in [0.05, 0.1) is 12.8 Å². The molecular weight excluding hydrogens is 130 g/mol. The minimum absolute atomic E-state index is 0.101. The average Bonchev–Trinajstić information content (AvgIpc) is 1.64. The highest BCUT2D eigenvalue weighted by Crippen LogP contribution is 2.19. The van der Waals surface area contributed by atoms with Gasteiger partial charge in [-0.1, -0.05) is 0 Å². The molecule has 0 atom stereocenters. The van der Waals surface area contributed by atoms with Crippen LogP contribution in [0.25, 0.3) is 0 Å². The van der Waals surface area contributed by atoms with E-state index in [2.05, 4.69) is 0 Å². The molecule has 52 valence electrons. The molecule has 0 aliphatic rings. The molecule has 0 aromatic rings. The van der Waals surface area contributed by atoms with E-state index in [0.717, 1.165) is 0 Å². The number of carbonyl (C=O) groups is 2. The maximum atomic E-state index is 12.0. The second-order valence-electron chi connectivity index (χ2n) is 1.60. The second-order valence-corrected chi connectivity index (χ2v) is 1.60. The van der Waals surface area contributed by atoms with Crippen LogP contribution in [0.4, 0.5) is 8.78 Å². The first-order chi connectivity index (χ1) is 4.12. The number of hydrogen-bond acceptors (Lipinski definition) is 2. The molecule has 0 fully saturated rings. The SMILES string of the molecule is O=CCC(F)(F)CC=O. The third kappa shape index (κ3) is 3.76. The summed E-state index contributed by atoms with van der Waals surface area (Å²) in [4.78, 5) is 19.0. The summed E-state index contributed by atoms with van der Waals surface area (Å²) in [7, 11) is 0. The largest absolute Gasteiger partial charge is 0.303 e. The summed E-state index contributed by atoms with van der Waals surface area (Å²) in [6.07, 6.45) is -1.54. The lowest BCUT2D eigenvalue weighted by Gasteiger charge is -2.06. The Hall–Kier alpha value is -0.800. The summed E-state index contributed by atoms with van der Waals surface area (Å²) in [5, 5.41) is 0. The monoisotopic (exact) mass is 136 g/mol. The van der Waals surface area contributed by atoms with Crippen molar-refractivity contribution in [3.05, 3.63) is 0 Å². The highest BCUT2D eigenvalue weighted by molar-refractivity contribution is 5.55. The lowest BCUT2D eigenvalue weighted by molar-refractivity contribution is -0.120. The Kier molecular flexibility index (Phi) is 2.98. The van der Waals surface area contributed by atoms with Crippen molar-refractivity contribution in [2.24, 2.45) is 0 Å². The first-order valence-electron chi connectivity index (χ1n) is 2.37. The molecule has 0 rings (SSSR count). The van der Waals surface area contributed by atoms with Crippen LogP contribution in [0.2, 0.25) is 0 Å². The maximum Gasteiger partial charge on any atom is 0.261 e. The molecule has 4 heteroatoms. The van der Waals surface area contributed by atoms with Crippen molar-refractivity contribution in [1.29, 1.82) is 0 Å². The van der Waals surface area contributed by atoms with Gasteiger partial charge >= 0.3 is 0 Å². The van der Waals surface area contributed by atoms with Crippen LogP contribution in [0.1, 0.15) is 12.8 Å². The van der Waals surface area contributed by atoms with E-state index < -0.39 is 18.8 Å². The van der Waals surface area contributed by atoms with Crippen LogP contribution >= 0.6 is 0 Å². The fourth-order valence-corrected chi connectivity index (χ4v) is 0.327. The van der Waals surface area contributed by atoms with Gasteiger partial charge in [0.2, 0.25) is 0 Å². The zero-order chi connectivity index (χ0) is 7.33. The average molecular weight is 136 g/mol. The van der Waals surface area contributed by atoms with E-state index in [4.69, 9.17) is 0 Å². The van der Waals surface area contributed by atoms with Crippen molar-refractivity contribution in [3.63, 3.8) is 0 Å². The van der Waals surface area contributed by atoms with Crippen LogP contribution in [0, 0.1) is 0 Å². The van der Waals surface area contributed by atoms with Gasteiger partial charge in [0.25, 0.3) is 5.92 Å². The van der Waals surface area contributed by atoms with E-state index >= 15 is 0 Å². The van der Waals surface area contributed by atoms with Crippen molar-refractivity contribution >= 4 is 12.6 Å². The Bertz CT molecular complexity index is 99.5. The lowest BCUT2D eigenvalue weighted by atomic mass is 10.2. The first-order valence-corrected chi connectivity index (χ1v) is 2.37. The number of aldehydes is 2. The minimum Gasteiger partial charge on any atom is -0.303 e. The van der Waals surface area contributed by atoms with Gasteiger partial charge < -0.3 is 9.59 Å². The molecule has 0 spiro atoms. The van der Waals surface area contributed by atoms with Gasteiger partial charge in [0.15, 0.2) is 0 Å². The van der Waals surface area contributed by atoms with E-state index in [1.165, 1.54) is 0 Å². The molecule has 0 aromatic carbocycles. The molecule has 0 amide bonds. The van der Waals surface area contributed by atoms with Crippen molar-refractivity contribution in [3.8, 4) is 0 Å². The Morgan fingerprint density at radius 1 is 1.11 bits per heavy atom. The zero-order valence-electron chi connectivity index (χ0n) is 4.64.